The zero-order chi connectivity index (χ0) is 13.8. The van der Waals surface area contributed by atoms with E-state index in [1.807, 2.05) is 29.2 Å². The van der Waals surface area contributed by atoms with Crippen molar-refractivity contribution in [1.82, 2.24) is 4.90 Å². The monoisotopic (exact) mass is 261 g/mol. The van der Waals surface area contributed by atoms with E-state index in [1.54, 1.807) is 0 Å². The van der Waals surface area contributed by atoms with Crippen LogP contribution < -0.4 is 0 Å². The van der Waals surface area contributed by atoms with Crippen molar-refractivity contribution >= 4 is 11.9 Å². The Morgan fingerprint density at radius 1 is 1.37 bits per heavy atom. The third-order valence-corrected chi connectivity index (χ3v) is 3.69. The molecule has 1 fully saturated rings. The van der Waals surface area contributed by atoms with Crippen LogP contribution in [0.25, 0.3) is 0 Å². The molecular formula is C15H19NO3. The van der Waals surface area contributed by atoms with Gasteiger partial charge in [-0.15, -0.1) is 0 Å². The van der Waals surface area contributed by atoms with Gasteiger partial charge in [-0.3, -0.25) is 9.59 Å². The number of carboxylic acids is 1. The van der Waals surface area contributed by atoms with E-state index in [4.69, 9.17) is 5.11 Å². The van der Waals surface area contributed by atoms with Crippen LogP contribution in [0.15, 0.2) is 24.3 Å². The second kappa shape index (κ2) is 5.87. The fourth-order valence-corrected chi connectivity index (χ4v) is 2.53. The van der Waals surface area contributed by atoms with Gasteiger partial charge in [0.25, 0.3) is 0 Å². The van der Waals surface area contributed by atoms with Gasteiger partial charge >= 0.3 is 5.97 Å². The molecule has 1 N–H and O–H groups in total. The molecule has 19 heavy (non-hydrogen) atoms. The summed E-state index contributed by atoms with van der Waals surface area (Å²) in [5, 5.41) is 8.90. The SMILES string of the molecule is CCC1CC(=O)N(Cc2ccccc2CC(=O)O)C1. The Morgan fingerprint density at radius 3 is 2.63 bits per heavy atom. The Labute approximate surface area is 113 Å². The molecule has 0 spiro atoms. The Morgan fingerprint density at radius 2 is 2.05 bits per heavy atom. The Hall–Kier alpha value is -1.84. The molecule has 1 aromatic rings. The van der Waals surface area contributed by atoms with Crippen LogP contribution >= 0.6 is 0 Å². The molecule has 4 nitrogen and oxygen atoms in total. The van der Waals surface area contributed by atoms with Crippen molar-refractivity contribution in [3.05, 3.63) is 35.4 Å². The lowest BCUT2D eigenvalue weighted by Crippen LogP contribution is -2.25. The summed E-state index contributed by atoms with van der Waals surface area (Å²) in [5.41, 5.74) is 1.73. The number of carbonyl (C=O) groups is 2. The van der Waals surface area contributed by atoms with Crippen LogP contribution in [0, 0.1) is 5.92 Å². The summed E-state index contributed by atoms with van der Waals surface area (Å²) in [6.45, 7) is 3.41. The van der Waals surface area contributed by atoms with Gasteiger partial charge in [0.2, 0.25) is 5.91 Å². The second-order valence-corrected chi connectivity index (χ2v) is 5.09. The van der Waals surface area contributed by atoms with Crippen LogP contribution in [0.5, 0.6) is 0 Å². The number of likely N-dealkylation sites (tertiary alicyclic amines) is 1. The molecule has 0 bridgehead atoms. The molecule has 2 rings (SSSR count). The van der Waals surface area contributed by atoms with Crippen LogP contribution in [0.1, 0.15) is 30.9 Å². The van der Waals surface area contributed by atoms with Gasteiger partial charge in [0.05, 0.1) is 6.42 Å². The van der Waals surface area contributed by atoms with Gasteiger partial charge in [-0.05, 0) is 17.0 Å². The van der Waals surface area contributed by atoms with E-state index in [-0.39, 0.29) is 12.3 Å². The summed E-state index contributed by atoms with van der Waals surface area (Å²) in [6.07, 6.45) is 1.64. The zero-order valence-corrected chi connectivity index (χ0v) is 11.1. The number of hydrogen-bond donors (Lipinski definition) is 1. The highest BCUT2D eigenvalue weighted by molar-refractivity contribution is 5.78. The van der Waals surface area contributed by atoms with Gasteiger partial charge in [0.15, 0.2) is 0 Å². The molecule has 1 aliphatic rings. The fraction of sp³-hybridized carbons (Fsp3) is 0.467. The number of benzene rings is 1. The second-order valence-electron chi connectivity index (χ2n) is 5.09. The van der Waals surface area contributed by atoms with E-state index < -0.39 is 5.97 Å². The van der Waals surface area contributed by atoms with Crippen LogP contribution in [-0.2, 0) is 22.6 Å². The molecule has 0 radical (unpaired) electrons. The first-order chi connectivity index (χ1) is 9.10. The molecule has 1 aliphatic heterocycles. The maximum absolute atomic E-state index is 11.9. The van der Waals surface area contributed by atoms with Crippen molar-refractivity contribution in [1.29, 1.82) is 0 Å². The highest BCUT2D eigenvalue weighted by Crippen LogP contribution is 2.23. The molecule has 4 heteroatoms. The maximum Gasteiger partial charge on any atom is 0.307 e. The number of nitrogens with zero attached hydrogens (tertiary/aromatic N) is 1. The third-order valence-electron chi connectivity index (χ3n) is 3.69. The summed E-state index contributed by atoms with van der Waals surface area (Å²) in [5.74, 6) is -0.220. The van der Waals surface area contributed by atoms with E-state index in [9.17, 15) is 9.59 Å². The van der Waals surface area contributed by atoms with Gasteiger partial charge in [-0.25, -0.2) is 0 Å². The normalized spacial score (nSPS) is 18.9. The predicted molar refractivity (Wildman–Crippen MR) is 71.6 cm³/mol. The molecule has 0 aromatic heterocycles. The van der Waals surface area contributed by atoms with Crippen molar-refractivity contribution in [2.24, 2.45) is 5.92 Å². The molecule has 1 heterocycles. The number of carboxylic acid groups (broad SMARTS) is 1. The average molecular weight is 261 g/mol. The van der Waals surface area contributed by atoms with E-state index in [1.165, 1.54) is 0 Å². The molecule has 1 saturated heterocycles. The maximum atomic E-state index is 11.9. The average Bonchev–Trinajstić information content (AvgIpc) is 2.72. The van der Waals surface area contributed by atoms with E-state index in [0.717, 1.165) is 24.1 Å². The lowest BCUT2D eigenvalue weighted by molar-refractivity contribution is -0.136. The molecule has 0 aliphatic carbocycles. The molecule has 1 unspecified atom stereocenters. The van der Waals surface area contributed by atoms with Crippen molar-refractivity contribution in [2.45, 2.75) is 32.7 Å². The highest BCUT2D eigenvalue weighted by atomic mass is 16.4. The van der Waals surface area contributed by atoms with Crippen molar-refractivity contribution in [3.8, 4) is 0 Å². The largest absolute Gasteiger partial charge is 0.481 e. The smallest absolute Gasteiger partial charge is 0.307 e. The van der Waals surface area contributed by atoms with Crippen molar-refractivity contribution in [2.75, 3.05) is 6.54 Å². The molecule has 1 atom stereocenters. The van der Waals surface area contributed by atoms with Crippen LogP contribution in [0.4, 0.5) is 0 Å². The van der Waals surface area contributed by atoms with Crippen molar-refractivity contribution < 1.29 is 14.7 Å². The van der Waals surface area contributed by atoms with E-state index in [0.29, 0.717) is 18.9 Å². The molecular weight excluding hydrogens is 242 g/mol. The van der Waals surface area contributed by atoms with Crippen LogP contribution in [0.3, 0.4) is 0 Å². The van der Waals surface area contributed by atoms with Crippen molar-refractivity contribution in [3.63, 3.8) is 0 Å². The first-order valence-electron chi connectivity index (χ1n) is 6.66. The topological polar surface area (TPSA) is 57.6 Å². The number of carbonyl (C=O) groups excluding carboxylic acids is 1. The summed E-state index contributed by atoms with van der Waals surface area (Å²) < 4.78 is 0. The summed E-state index contributed by atoms with van der Waals surface area (Å²) in [7, 11) is 0. The minimum absolute atomic E-state index is 0.00934. The number of aliphatic carboxylic acids is 1. The minimum atomic E-state index is -0.841. The van der Waals surface area contributed by atoms with Gasteiger partial charge < -0.3 is 10.0 Å². The number of amides is 1. The third kappa shape index (κ3) is 3.34. The molecule has 0 saturated carbocycles. The summed E-state index contributed by atoms with van der Waals surface area (Å²) >= 11 is 0. The standard InChI is InChI=1S/C15H19NO3/c1-2-11-7-14(17)16(9-11)10-13-6-4-3-5-12(13)8-15(18)19/h3-6,11H,2,7-10H2,1H3,(H,18,19). The number of rotatable bonds is 5. The first-order valence-corrected chi connectivity index (χ1v) is 6.66. The van der Waals surface area contributed by atoms with Crippen LogP contribution in [-0.4, -0.2) is 28.4 Å². The molecule has 1 amide bonds. The van der Waals surface area contributed by atoms with Gasteiger partial charge in [0, 0.05) is 19.5 Å². The van der Waals surface area contributed by atoms with Crippen LogP contribution in [0.2, 0.25) is 0 Å². The van der Waals surface area contributed by atoms with E-state index >= 15 is 0 Å². The quantitative estimate of drug-likeness (QED) is 0.882. The Balaban J connectivity index is 2.11. The predicted octanol–water partition coefficient (Wildman–Crippen LogP) is 2.07. The van der Waals surface area contributed by atoms with Gasteiger partial charge in [-0.2, -0.15) is 0 Å². The van der Waals surface area contributed by atoms with E-state index in [2.05, 4.69) is 6.92 Å². The van der Waals surface area contributed by atoms with Gasteiger partial charge in [0.1, 0.15) is 0 Å². The lowest BCUT2D eigenvalue weighted by atomic mass is 10.0. The first kappa shape index (κ1) is 13.6. The summed E-state index contributed by atoms with van der Waals surface area (Å²) in [4.78, 5) is 24.6. The fourth-order valence-electron chi connectivity index (χ4n) is 2.53. The number of hydrogen-bond acceptors (Lipinski definition) is 2. The molecule has 102 valence electrons. The lowest BCUT2D eigenvalue weighted by Gasteiger charge is -2.18. The molecule has 1 aromatic carbocycles. The minimum Gasteiger partial charge on any atom is -0.481 e. The Bertz CT molecular complexity index is 484. The zero-order valence-electron chi connectivity index (χ0n) is 11.1. The summed E-state index contributed by atoms with van der Waals surface area (Å²) in [6, 6.07) is 7.45. The highest BCUT2D eigenvalue weighted by Gasteiger charge is 2.28. The Kier molecular flexibility index (Phi) is 4.20. The van der Waals surface area contributed by atoms with Gasteiger partial charge in [-0.1, -0.05) is 37.6 Å².